The zero-order chi connectivity index (χ0) is 14.5. The van der Waals surface area contributed by atoms with E-state index in [-0.39, 0.29) is 0 Å². The summed E-state index contributed by atoms with van der Waals surface area (Å²) in [6.07, 6.45) is 9.75. The van der Waals surface area contributed by atoms with Gasteiger partial charge in [0.15, 0.2) is 0 Å². The van der Waals surface area contributed by atoms with Gasteiger partial charge in [-0.25, -0.2) is 0 Å². The van der Waals surface area contributed by atoms with E-state index in [0.717, 1.165) is 43.0 Å². The van der Waals surface area contributed by atoms with Gasteiger partial charge < -0.3 is 15.4 Å². The molecule has 1 heterocycles. The van der Waals surface area contributed by atoms with Gasteiger partial charge in [-0.3, -0.25) is 0 Å². The monoisotopic (exact) mass is 312 g/mol. The van der Waals surface area contributed by atoms with Gasteiger partial charge in [-0.1, -0.05) is 19.8 Å². The number of thioether (sulfide) groups is 1. The van der Waals surface area contributed by atoms with Crippen LogP contribution in [0.1, 0.15) is 51.9 Å². The Morgan fingerprint density at radius 3 is 2.90 bits per heavy atom. The third-order valence-corrected chi connectivity index (χ3v) is 6.75. The average molecular weight is 313 g/mol. The highest BCUT2D eigenvalue weighted by Gasteiger charge is 2.36. The predicted molar refractivity (Wildman–Crippen MR) is 91.1 cm³/mol. The second-order valence-electron chi connectivity index (χ2n) is 6.94. The van der Waals surface area contributed by atoms with E-state index in [1.54, 1.807) is 0 Å². The highest BCUT2D eigenvalue weighted by molar-refractivity contribution is 7.99. The topological polar surface area (TPSA) is 33.3 Å². The molecule has 3 nitrogen and oxygen atoms in total. The third-order valence-electron chi connectivity index (χ3n) is 5.51. The van der Waals surface area contributed by atoms with Crippen molar-refractivity contribution < 1.29 is 4.74 Å². The summed E-state index contributed by atoms with van der Waals surface area (Å²) >= 11 is 2.17. The van der Waals surface area contributed by atoms with Crippen LogP contribution in [0.15, 0.2) is 0 Å². The van der Waals surface area contributed by atoms with Crippen molar-refractivity contribution >= 4 is 11.8 Å². The van der Waals surface area contributed by atoms with Gasteiger partial charge in [-0.2, -0.15) is 11.8 Å². The smallest absolute Gasteiger partial charge is 0.0623 e. The lowest BCUT2D eigenvalue weighted by Gasteiger charge is -2.37. The Hall–Kier alpha value is 0.230. The molecule has 1 saturated heterocycles. The molecule has 3 aliphatic rings. The Labute approximate surface area is 134 Å². The fraction of sp³-hybridized carbons (Fsp3) is 1.00. The second-order valence-corrected chi connectivity index (χ2v) is 8.52. The highest BCUT2D eigenvalue weighted by atomic mass is 32.2. The fourth-order valence-electron chi connectivity index (χ4n) is 4.52. The number of nitrogens with one attached hydrogen (secondary N) is 2. The van der Waals surface area contributed by atoms with E-state index in [4.69, 9.17) is 4.74 Å². The van der Waals surface area contributed by atoms with Gasteiger partial charge in [0.25, 0.3) is 0 Å². The summed E-state index contributed by atoms with van der Waals surface area (Å²) in [5.41, 5.74) is 0. The molecule has 3 fully saturated rings. The molecule has 2 saturated carbocycles. The maximum atomic E-state index is 5.69. The first-order valence-electron chi connectivity index (χ1n) is 9.05. The number of morpholine rings is 1. The molecule has 2 N–H and O–H groups in total. The largest absolute Gasteiger partial charge is 0.379 e. The third kappa shape index (κ3) is 4.37. The molecule has 0 aromatic heterocycles. The zero-order valence-electron chi connectivity index (χ0n) is 13.5. The molecule has 1 aliphatic heterocycles. The molecule has 3 rings (SSSR count). The van der Waals surface area contributed by atoms with Crippen LogP contribution >= 0.6 is 11.8 Å². The van der Waals surface area contributed by atoms with Crippen LogP contribution in [0, 0.1) is 5.92 Å². The van der Waals surface area contributed by atoms with Crippen LogP contribution < -0.4 is 10.6 Å². The molecule has 0 bridgehead atoms. The van der Waals surface area contributed by atoms with E-state index < -0.39 is 0 Å². The SMILES string of the molecule is CCSC1CCCC(NC2CCCC2C2COCCN2)C1. The van der Waals surface area contributed by atoms with Crippen molar-refractivity contribution in [3.8, 4) is 0 Å². The quantitative estimate of drug-likeness (QED) is 0.818. The summed E-state index contributed by atoms with van der Waals surface area (Å²) in [6, 6.07) is 2.07. The molecule has 4 heteroatoms. The first-order chi connectivity index (χ1) is 10.4. The average Bonchev–Trinajstić information content (AvgIpc) is 2.97. The minimum Gasteiger partial charge on any atom is -0.379 e. The van der Waals surface area contributed by atoms with Crippen molar-refractivity contribution in [2.24, 2.45) is 5.92 Å². The Balaban J connectivity index is 1.50. The fourth-order valence-corrected chi connectivity index (χ4v) is 5.70. The van der Waals surface area contributed by atoms with Crippen LogP contribution in [0.25, 0.3) is 0 Å². The van der Waals surface area contributed by atoms with Crippen molar-refractivity contribution in [1.82, 2.24) is 10.6 Å². The van der Waals surface area contributed by atoms with E-state index in [1.807, 2.05) is 0 Å². The van der Waals surface area contributed by atoms with Crippen molar-refractivity contribution in [2.45, 2.75) is 75.2 Å². The number of rotatable bonds is 5. The van der Waals surface area contributed by atoms with Crippen molar-refractivity contribution in [3.63, 3.8) is 0 Å². The molecule has 0 aromatic rings. The molecular weight excluding hydrogens is 280 g/mol. The van der Waals surface area contributed by atoms with Crippen LogP contribution in [0.5, 0.6) is 0 Å². The summed E-state index contributed by atoms with van der Waals surface area (Å²) in [4.78, 5) is 0. The lowest BCUT2D eigenvalue weighted by atomic mass is 9.90. The van der Waals surface area contributed by atoms with Crippen molar-refractivity contribution in [3.05, 3.63) is 0 Å². The van der Waals surface area contributed by atoms with E-state index in [9.17, 15) is 0 Å². The summed E-state index contributed by atoms with van der Waals surface area (Å²) in [7, 11) is 0. The van der Waals surface area contributed by atoms with Crippen molar-refractivity contribution in [1.29, 1.82) is 0 Å². The number of hydrogen-bond donors (Lipinski definition) is 2. The van der Waals surface area contributed by atoms with Gasteiger partial charge in [-0.15, -0.1) is 0 Å². The Morgan fingerprint density at radius 1 is 1.19 bits per heavy atom. The van der Waals surface area contributed by atoms with Crippen LogP contribution in [0.2, 0.25) is 0 Å². The summed E-state index contributed by atoms with van der Waals surface area (Å²) in [6.45, 7) is 5.14. The van der Waals surface area contributed by atoms with Gasteiger partial charge in [-0.05, 0) is 43.8 Å². The molecule has 5 unspecified atom stereocenters. The lowest BCUT2D eigenvalue weighted by Crippen LogP contribution is -2.53. The van der Waals surface area contributed by atoms with Crippen LogP contribution in [0.3, 0.4) is 0 Å². The first-order valence-corrected chi connectivity index (χ1v) is 10.1. The molecule has 2 aliphatic carbocycles. The lowest BCUT2D eigenvalue weighted by molar-refractivity contribution is 0.0513. The van der Waals surface area contributed by atoms with Crippen molar-refractivity contribution in [2.75, 3.05) is 25.5 Å². The van der Waals surface area contributed by atoms with E-state index >= 15 is 0 Å². The van der Waals surface area contributed by atoms with Gasteiger partial charge in [0, 0.05) is 29.9 Å². The van der Waals surface area contributed by atoms with Gasteiger partial charge in [0.05, 0.1) is 13.2 Å². The molecule has 122 valence electrons. The Kier molecular flexibility index (Phi) is 6.28. The molecule has 0 amide bonds. The molecular formula is C17H32N2OS. The maximum absolute atomic E-state index is 5.69. The normalized spacial score (nSPS) is 41.3. The number of ether oxygens (including phenoxy) is 1. The van der Waals surface area contributed by atoms with Gasteiger partial charge in [0.1, 0.15) is 0 Å². The zero-order valence-corrected chi connectivity index (χ0v) is 14.3. The summed E-state index contributed by atoms with van der Waals surface area (Å²) < 4.78 is 5.69. The molecule has 21 heavy (non-hydrogen) atoms. The second kappa shape index (κ2) is 8.19. The summed E-state index contributed by atoms with van der Waals surface area (Å²) in [5.74, 6) is 2.05. The van der Waals surface area contributed by atoms with Gasteiger partial charge >= 0.3 is 0 Å². The van der Waals surface area contributed by atoms with Crippen LogP contribution in [0.4, 0.5) is 0 Å². The van der Waals surface area contributed by atoms with Gasteiger partial charge in [0.2, 0.25) is 0 Å². The minimum atomic E-state index is 0.586. The predicted octanol–water partition coefficient (Wildman–Crippen LogP) is 2.80. The minimum absolute atomic E-state index is 0.586. The number of hydrogen-bond acceptors (Lipinski definition) is 4. The standard InChI is InChI=1S/C17H32N2OS/c1-2-21-14-6-3-5-13(11-14)19-16-8-4-7-15(16)17-12-20-10-9-18-17/h13-19H,2-12H2,1H3. The molecule has 0 aromatic carbocycles. The molecule has 0 spiro atoms. The Morgan fingerprint density at radius 2 is 2.10 bits per heavy atom. The van der Waals surface area contributed by atoms with Crippen LogP contribution in [-0.4, -0.2) is 48.9 Å². The van der Waals surface area contributed by atoms with Crippen LogP contribution in [-0.2, 0) is 4.74 Å². The summed E-state index contributed by atoms with van der Waals surface area (Å²) in [5, 5.41) is 8.63. The molecule has 5 atom stereocenters. The Bertz CT molecular complexity index is 307. The highest BCUT2D eigenvalue weighted by Crippen LogP contribution is 2.33. The van der Waals surface area contributed by atoms with E-state index in [2.05, 4.69) is 29.3 Å². The van der Waals surface area contributed by atoms with E-state index in [0.29, 0.717) is 6.04 Å². The van der Waals surface area contributed by atoms with E-state index in [1.165, 1.54) is 50.7 Å². The first kappa shape index (κ1) is 16.1. The molecule has 0 radical (unpaired) electrons. The maximum Gasteiger partial charge on any atom is 0.0623 e.